The molecule has 0 bridgehead atoms. The van der Waals surface area contributed by atoms with Crippen molar-refractivity contribution in [3.8, 4) is 0 Å². The third-order valence-corrected chi connectivity index (χ3v) is 1.82. The second-order valence-electron chi connectivity index (χ2n) is 5.38. The molecule has 131 valence electrons. The molecule has 0 aromatic carbocycles. The van der Waals surface area contributed by atoms with Crippen LogP contribution in [0.3, 0.4) is 0 Å². The van der Waals surface area contributed by atoms with E-state index in [1.807, 2.05) is 0 Å². The molecular weight excluding hydrogens is 549 g/mol. The maximum Gasteiger partial charge on any atom is 3.00 e. The normalized spacial score (nSPS) is 7.61. The topological polar surface area (TPSA) is 37.3 Å². The molecule has 0 rings (SSSR count). The summed E-state index contributed by atoms with van der Waals surface area (Å²) in [4.78, 5) is 10.2. The van der Waals surface area contributed by atoms with E-state index < -0.39 is 5.97 Å². The predicted molar refractivity (Wildman–Crippen MR) is 96.8 cm³/mol. The molecule has 4 heteroatoms. The van der Waals surface area contributed by atoms with Crippen molar-refractivity contribution in [1.29, 1.82) is 0 Å². The maximum atomic E-state index is 10.2. The Kier molecular flexibility index (Phi) is 58.5. The summed E-state index contributed by atoms with van der Waals surface area (Å²) < 4.78 is 0. The van der Waals surface area contributed by atoms with E-state index in [1.54, 1.807) is 0 Å². The van der Waals surface area contributed by atoms with E-state index in [-0.39, 0.29) is 81.7 Å². The van der Waals surface area contributed by atoms with E-state index in [1.165, 1.54) is 24.6 Å². The van der Waals surface area contributed by atoms with Crippen molar-refractivity contribution in [2.75, 3.05) is 0 Å². The molecule has 0 amide bonds. The smallest absolute Gasteiger partial charge is 0.481 e. The minimum absolute atomic E-state index is 0. The summed E-state index contributed by atoms with van der Waals surface area (Å²) in [6, 6.07) is 0. The zero-order chi connectivity index (χ0) is 17.7. The number of unbranched alkanes of at least 4 members (excludes halogenated alkanes) is 2. The molecule has 23 heavy (non-hydrogen) atoms. The average Bonchev–Trinajstić information content (AvgIpc) is 2.29. The van der Waals surface area contributed by atoms with E-state index in [0.29, 0.717) is 11.8 Å². The van der Waals surface area contributed by atoms with Crippen LogP contribution in [0.1, 0.15) is 52.9 Å². The summed E-state index contributed by atoms with van der Waals surface area (Å²) >= 11 is 0. The number of carboxylic acid groups (broad SMARTS) is 1. The van der Waals surface area contributed by atoms with Gasteiger partial charge in [-0.15, -0.1) is 0 Å². The van der Waals surface area contributed by atoms with Crippen molar-refractivity contribution in [1.82, 2.24) is 0 Å². The van der Waals surface area contributed by atoms with Crippen molar-refractivity contribution < 1.29 is 91.6 Å². The van der Waals surface area contributed by atoms with Crippen LogP contribution in [0, 0.1) is 108 Å². The zero-order valence-electron chi connectivity index (χ0n) is 15.4. The Morgan fingerprint density at radius 3 is 1.48 bits per heavy atom. The number of carbonyl (C=O) groups is 1. The van der Waals surface area contributed by atoms with Gasteiger partial charge in [-0.3, -0.25) is 4.79 Å². The van der Waals surface area contributed by atoms with Crippen LogP contribution in [-0.4, -0.2) is 11.1 Å². The largest absolute Gasteiger partial charge is 3.00 e. The van der Waals surface area contributed by atoms with Crippen molar-refractivity contribution in [3.05, 3.63) is 58.7 Å². The van der Waals surface area contributed by atoms with E-state index in [2.05, 4.69) is 61.3 Å². The Hall–Kier alpha value is 1.00. The Bertz CT molecular complexity index is 230. The first kappa shape index (κ1) is 39.2. The van der Waals surface area contributed by atoms with E-state index in [0.717, 1.165) is 19.3 Å². The quantitative estimate of drug-likeness (QED) is 0.314. The number of hydrogen-bond acceptors (Lipinski definition) is 1. The summed E-state index contributed by atoms with van der Waals surface area (Å²) in [6.07, 6.45) is 9.03. The molecule has 1 radical (unpaired) electrons. The molecule has 0 aliphatic rings. The summed E-state index contributed by atoms with van der Waals surface area (Å²) in [7, 11) is 0. The van der Waals surface area contributed by atoms with Gasteiger partial charge in [0.2, 0.25) is 0 Å². The molecule has 0 unspecified atom stereocenters. The summed E-state index contributed by atoms with van der Waals surface area (Å²) in [5, 5.41) is 8.37. The molecule has 0 saturated carbocycles. The first-order valence-electron chi connectivity index (χ1n) is 7.08. The molecule has 0 heterocycles. The maximum absolute atomic E-state index is 10.2. The second kappa shape index (κ2) is 34.4. The van der Waals surface area contributed by atoms with Gasteiger partial charge >= 0.3 is 46.8 Å². The van der Waals surface area contributed by atoms with Crippen molar-refractivity contribution in [2.45, 2.75) is 52.9 Å². The third-order valence-electron chi connectivity index (χ3n) is 1.82. The van der Waals surface area contributed by atoms with Gasteiger partial charge in [-0.25, -0.2) is 58.7 Å². The number of rotatable bonds is 5. The van der Waals surface area contributed by atoms with Crippen LogP contribution in [-0.2, 0) is 4.79 Å². The molecule has 2 nitrogen and oxygen atoms in total. The van der Waals surface area contributed by atoms with Crippen molar-refractivity contribution in [3.63, 3.8) is 0 Å². The van der Waals surface area contributed by atoms with Crippen LogP contribution in [0.25, 0.3) is 0 Å². The van der Waals surface area contributed by atoms with Gasteiger partial charge < -0.3 is 5.11 Å². The fraction of sp³-hybridized carbons (Fsp3) is 0.474. The first-order chi connectivity index (χ1) is 9.66. The molecule has 0 saturated heterocycles. The Morgan fingerprint density at radius 2 is 1.26 bits per heavy atom. The minimum Gasteiger partial charge on any atom is -0.481 e. The monoisotopic (exact) mass is 579 g/mol. The standard InChI is InChI=1S/C10H20O2.3C3H5.2Nd/c1-10(2,3)8-6-4-5-7-9(11)12;3*1-3-2;;/h4-8H2,1-3H3,(H,11,12);3*3H,1-2H2;;/q;3*-1;;+3. The molecule has 0 spiro atoms. The Labute approximate surface area is 211 Å². The van der Waals surface area contributed by atoms with Gasteiger partial charge in [0.25, 0.3) is 0 Å². The second-order valence-corrected chi connectivity index (χ2v) is 5.38. The van der Waals surface area contributed by atoms with Crippen LogP contribution < -0.4 is 0 Å². The molecule has 0 aliphatic carbocycles. The van der Waals surface area contributed by atoms with Gasteiger partial charge in [-0.1, -0.05) is 33.6 Å². The molecule has 0 aromatic rings. The third kappa shape index (κ3) is 101. The van der Waals surface area contributed by atoms with Crippen LogP contribution >= 0.6 is 0 Å². The van der Waals surface area contributed by atoms with E-state index in [9.17, 15) is 4.79 Å². The van der Waals surface area contributed by atoms with Gasteiger partial charge in [-0.2, -0.15) is 0 Å². The fourth-order valence-electron chi connectivity index (χ4n) is 1.11. The van der Waals surface area contributed by atoms with Gasteiger partial charge in [0.1, 0.15) is 0 Å². The number of carboxylic acids is 1. The summed E-state index contributed by atoms with van der Waals surface area (Å²) in [5.74, 6) is -0.675. The van der Waals surface area contributed by atoms with Crippen molar-refractivity contribution in [2.24, 2.45) is 5.41 Å². The Balaban J connectivity index is -0.0000000552. The van der Waals surface area contributed by atoms with Gasteiger partial charge in [0.15, 0.2) is 0 Å². The summed E-state index contributed by atoms with van der Waals surface area (Å²) in [6.45, 7) is 26.1. The van der Waals surface area contributed by atoms with Crippen LogP contribution in [0.15, 0.2) is 38.0 Å². The average molecular weight is 584 g/mol. The van der Waals surface area contributed by atoms with E-state index >= 15 is 0 Å². The molecule has 0 atom stereocenters. The molecule has 0 aromatic heterocycles. The van der Waals surface area contributed by atoms with E-state index in [4.69, 9.17) is 5.11 Å². The van der Waals surface area contributed by atoms with Gasteiger partial charge in [0, 0.05) is 47.3 Å². The number of allylic oxidation sites excluding steroid dienone is 3. The molecule has 0 aliphatic heterocycles. The zero-order valence-corrected chi connectivity index (χ0v) is 21.8. The Morgan fingerprint density at radius 1 is 0.957 bits per heavy atom. The minimum atomic E-state index is -0.675. The van der Waals surface area contributed by atoms with Gasteiger partial charge in [-0.05, 0) is 18.3 Å². The van der Waals surface area contributed by atoms with Gasteiger partial charge in [0.05, 0.1) is 0 Å². The summed E-state index contributed by atoms with van der Waals surface area (Å²) in [5.41, 5.74) is 0.392. The van der Waals surface area contributed by atoms with Crippen LogP contribution in [0.2, 0.25) is 0 Å². The number of aliphatic carboxylic acids is 1. The predicted octanol–water partition coefficient (Wildman–Crippen LogP) is 6.09. The van der Waals surface area contributed by atoms with Crippen molar-refractivity contribution >= 4 is 5.97 Å². The van der Waals surface area contributed by atoms with Crippen LogP contribution in [0.5, 0.6) is 0 Å². The SMILES string of the molecule is C=C[CH2-].C=C[CH2-].C=C[CH2-].CC(C)(C)CCCCCC(=O)O.[Nd+3].[Nd]. The first-order valence-corrected chi connectivity index (χ1v) is 7.08. The fourth-order valence-corrected chi connectivity index (χ4v) is 1.11. The number of hydrogen-bond donors (Lipinski definition) is 1. The molecular formula is C19H35Nd2O2. The molecule has 0 fully saturated rings. The van der Waals surface area contributed by atoms with Crippen LogP contribution in [0.4, 0.5) is 0 Å². The molecule has 1 N–H and O–H groups in total.